The number of aliphatic hydroxyl groups is 1. The molecular weight excluding hydrogens is 332 g/mol. The lowest BCUT2D eigenvalue weighted by atomic mass is 9.89. The van der Waals surface area contributed by atoms with Crippen molar-refractivity contribution in [3.63, 3.8) is 0 Å². The van der Waals surface area contributed by atoms with Crippen molar-refractivity contribution >= 4 is 5.91 Å². The molecule has 1 amide bonds. The highest BCUT2D eigenvalue weighted by atomic mass is 16.5. The largest absolute Gasteiger partial charge is 0.497 e. The molecular formula is C19H26N4O3. The molecule has 1 aliphatic rings. The average molecular weight is 358 g/mol. The molecule has 3 rings (SSSR count). The highest BCUT2D eigenvalue weighted by Crippen LogP contribution is 2.22. The third-order valence-electron chi connectivity index (χ3n) is 4.88. The third-order valence-corrected chi connectivity index (χ3v) is 4.88. The van der Waals surface area contributed by atoms with Gasteiger partial charge >= 0.3 is 0 Å². The Kier molecular flexibility index (Phi) is 6.22. The van der Waals surface area contributed by atoms with Gasteiger partial charge in [-0.05, 0) is 36.5 Å². The zero-order valence-electron chi connectivity index (χ0n) is 15.1. The van der Waals surface area contributed by atoms with Crippen LogP contribution in [0.1, 0.15) is 54.4 Å². The number of carbonyl (C=O) groups excluding carboxylic acids is 1. The van der Waals surface area contributed by atoms with Crippen LogP contribution < -0.4 is 10.1 Å². The van der Waals surface area contributed by atoms with Crippen LogP contribution in [0.2, 0.25) is 0 Å². The Balaban J connectivity index is 1.52. The number of hydrogen-bond donors (Lipinski definition) is 2. The molecule has 1 fully saturated rings. The summed E-state index contributed by atoms with van der Waals surface area (Å²) in [6, 6.07) is 7.20. The van der Waals surface area contributed by atoms with Gasteiger partial charge in [-0.15, -0.1) is 5.10 Å². The van der Waals surface area contributed by atoms with Gasteiger partial charge in [-0.25, -0.2) is 9.67 Å². The summed E-state index contributed by atoms with van der Waals surface area (Å²) < 4.78 is 6.60. The fourth-order valence-electron chi connectivity index (χ4n) is 3.30. The van der Waals surface area contributed by atoms with Gasteiger partial charge in [0.05, 0.1) is 19.8 Å². The minimum Gasteiger partial charge on any atom is -0.497 e. The van der Waals surface area contributed by atoms with E-state index >= 15 is 0 Å². The summed E-state index contributed by atoms with van der Waals surface area (Å²) in [6.45, 7) is 0.914. The van der Waals surface area contributed by atoms with Gasteiger partial charge in [0, 0.05) is 6.54 Å². The van der Waals surface area contributed by atoms with Crippen molar-refractivity contribution in [1.29, 1.82) is 0 Å². The number of nitrogens with zero attached hydrogens (tertiary/aromatic N) is 3. The van der Waals surface area contributed by atoms with E-state index in [1.807, 2.05) is 0 Å². The average Bonchev–Trinajstić information content (AvgIpc) is 3.15. The van der Waals surface area contributed by atoms with E-state index in [2.05, 4.69) is 15.4 Å². The van der Waals surface area contributed by atoms with Crippen LogP contribution in [0.5, 0.6) is 5.75 Å². The lowest BCUT2D eigenvalue weighted by molar-refractivity contribution is 0.0931. The summed E-state index contributed by atoms with van der Waals surface area (Å²) in [5.41, 5.74) is 0.754. The first-order valence-corrected chi connectivity index (χ1v) is 9.15. The van der Waals surface area contributed by atoms with Crippen molar-refractivity contribution in [2.75, 3.05) is 13.7 Å². The van der Waals surface area contributed by atoms with E-state index in [0.717, 1.165) is 11.3 Å². The Bertz CT molecular complexity index is 708. The second-order valence-electron chi connectivity index (χ2n) is 6.79. The van der Waals surface area contributed by atoms with Crippen LogP contribution in [0.4, 0.5) is 0 Å². The summed E-state index contributed by atoms with van der Waals surface area (Å²) in [6.07, 6.45) is 6.88. The number of aliphatic hydroxyl groups excluding tert-OH is 1. The predicted octanol–water partition coefficient (Wildman–Crippen LogP) is 2.33. The van der Waals surface area contributed by atoms with Crippen LogP contribution >= 0.6 is 0 Å². The lowest BCUT2D eigenvalue weighted by Crippen LogP contribution is -2.31. The molecule has 0 radical (unpaired) electrons. The quantitative estimate of drug-likeness (QED) is 0.793. The summed E-state index contributed by atoms with van der Waals surface area (Å²) >= 11 is 0. The van der Waals surface area contributed by atoms with E-state index in [9.17, 15) is 9.90 Å². The summed E-state index contributed by atoms with van der Waals surface area (Å²) in [4.78, 5) is 16.3. The Labute approximate surface area is 153 Å². The topological polar surface area (TPSA) is 89.3 Å². The minimum atomic E-state index is -0.735. The first-order chi connectivity index (χ1) is 12.7. The molecule has 140 valence electrons. The normalized spacial score (nSPS) is 16.2. The molecule has 2 N–H and O–H groups in total. The van der Waals surface area contributed by atoms with Gasteiger partial charge in [-0.3, -0.25) is 4.79 Å². The van der Waals surface area contributed by atoms with Crippen LogP contribution in [0, 0.1) is 5.92 Å². The van der Waals surface area contributed by atoms with Crippen molar-refractivity contribution in [3.05, 3.63) is 42.0 Å². The van der Waals surface area contributed by atoms with Gasteiger partial charge in [-0.1, -0.05) is 31.4 Å². The first kappa shape index (κ1) is 18.4. The van der Waals surface area contributed by atoms with Crippen LogP contribution in [-0.2, 0) is 6.54 Å². The third kappa shape index (κ3) is 4.82. The fourth-order valence-corrected chi connectivity index (χ4v) is 3.30. The van der Waals surface area contributed by atoms with E-state index in [1.54, 1.807) is 31.4 Å². The van der Waals surface area contributed by atoms with Crippen molar-refractivity contribution in [1.82, 2.24) is 20.1 Å². The number of rotatable bonds is 7. The number of benzene rings is 1. The predicted molar refractivity (Wildman–Crippen MR) is 96.9 cm³/mol. The fraction of sp³-hybridized carbons (Fsp3) is 0.526. The maximum atomic E-state index is 12.2. The summed E-state index contributed by atoms with van der Waals surface area (Å²) in [5, 5.41) is 17.4. The Morgan fingerprint density at radius 3 is 2.73 bits per heavy atom. The number of aromatic nitrogens is 3. The van der Waals surface area contributed by atoms with Gasteiger partial charge in [0.25, 0.3) is 5.91 Å². The second-order valence-corrected chi connectivity index (χ2v) is 6.79. The molecule has 0 bridgehead atoms. The SMILES string of the molecule is COc1ccc([C@H](O)Cn2cnc(C(=O)NCC3CCCCC3)n2)cc1. The molecule has 26 heavy (non-hydrogen) atoms. The number of amides is 1. The highest BCUT2D eigenvalue weighted by molar-refractivity contribution is 5.90. The smallest absolute Gasteiger partial charge is 0.290 e. The van der Waals surface area contributed by atoms with Gasteiger partial charge in [-0.2, -0.15) is 0 Å². The molecule has 1 atom stereocenters. The van der Waals surface area contributed by atoms with Crippen LogP contribution in [-0.4, -0.2) is 39.4 Å². The van der Waals surface area contributed by atoms with Crippen LogP contribution in [0.3, 0.4) is 0 Å². The molecule has 1 aromatic carbocycles. The minimum absolute atomic E-state index is 0.141. The first-order valence-electron chi connectivity index (χ1n) is 9.15. The Hall–Kier alpha value is -2.41. The molecule has 1 saturated carbocycles. The second kappa shape index (κ2) is 8.80. The van der Waals surface area contributed by atoms with E-state index in [0.29, 0.717) is 12.5 Å². The maximum Gasteiger partial charge on any atom is 0.290 e. The molecule has 2 aromatic rings. The van der Waals surface area contributed by atoms with E-state index in [4.69, 9.17) is 4.74 Å². The standard InChI is InChI=1S/C19H26N4O3/c1-26-16-9-7-15(8-10-16)17(24)12-23-13-21-18(22-23)19(25)20-11-14-5-3-2-4-6-14/h7-10,13-14,17,24H,2-6,11-12H2,1H3,(H,20,25)/t17-/m1/s1. The van der Waals surface area contributed by atoms with Crippen LogP contribution in [0.15, 0.2) is 30.6 Å². The molecule has 7 nitrogen and oxygen atoms in total. The van der Waals surface area contributed by atoms with Crippen molar-refractivity contribution in [2.45, 2.75) is 44.8 Å². The molecule has 0 aliphatic heterocycles. The molecule has 0 spiro atoms. The molecule has 1 aromatic heterocycles. The van der Waals surface area contributed by atoms with Crippen molar-refractivity contribution in [3.8, 4) is 5.75 Å². The van der Waals surface area contributed by atoms with E-state index in [-0.39, 0.29) is 18.3 Å². The Morgan fingerprint density at radius 2 is 2.04 bits per heavy atom. The molecule has 0 unspecified atom stereocenters. The molecule has 7 heteroatoms. The zero-order valence-corrected chi connectivity index (χ0v) is 15.1. The highest BCUT2D eigenvalue weighted by Gasteiger charge is 2.17. The number of carbonyl (C=O) groups is 1. The molecule has 1 heterocycles. The monoisotopic (exact) mass is 358 g/mol. The number of methoxy groups -OCH3 is 1. The van der Waals surface area contributed by atoms with Gasteiger partial charge in [0.2, 0.25) is 5.82 Å². The maximum absolute atomic E-state index is 12.2. The summed E-state index contributed by atoms with van der Waals surface area (Å²) in [7, 11) is 1.60. The lowest BCUT2D eigenvalue weighted by Gasteiger charge is -2.21. The zero-order chi connectivity index (χ0) is 18.4. The van der Waals surface area contributed by atoms with Crippen molar-refractivity contribution < 1.29 is 14.6 Å². The summed E-state index contributed by atoms with van der Waals surface area (Å²) in [5.74, 6) is 1.18. The van der Waals surface area contributed by atoms with Gasteiger partial charge < -0.3 is 15.2 Å². The van der Waals surface area contributed by atoms with Crippen LogP contribution in [0.25, 0.3) is 0 Å². The van der Waals surface area contributed by atoms with E-state index in [1.165, 1.54) is 43.1 Å². The number of hydrogen-bond acceptors (Lipinski definition) is 5. The van der Waals surface area contributed by atoms with Gasteiger partial charge in [0.1, 0.15) is 12.1 Å². The molecule has 1 aliphatic carbocycles. The van der Waals surface area contributed by atoms with Crippen molar-refractivity contribution in [2.24, 2.45) is 5.92 Å². The van der Waals surface area contributed by atoms with Gasteiger partial charge in [0.15, 0.2) is 0 Å². The molecule has 0 saturated heterocycles. The number of ether oxygens (including phenoxy) is 1. The Morgan fingerprint density at radius 1 is 1.31 bits per heavy atom. The number of nitrogens with one attached hydrogen (secondary N) is 1. The van der Waals surface area contributed by atoms with E-state index < -0.39 is 6.10 Å².